The van der Waals surface area contributed by atoms with Crippen molar-refractivity contribution >= 4 is 93.5 Å². The van der Waals surface area contributed by atoms with Crippen LogP contribution in [0.2, 0.25) is 0 Å². The Morgan fingerprint density at radius 1 is 0.776 bits per heavy atom. The van der Waals surface area contributed by atoms with E-state index in [2.05, 4.69) is 36.2 Å². The SMILES string of the molecule is CCNC(=O)c1ccc2c(c1)NC(Nc1nc3ccc(C(F)(F)F)cc3s1)(N(CC)C(=O)c1ccc3c(c1)nc(Nc1nc4ccc(C(F)(F)F)cc4s1)n3C)N2C. The van der Waals surface area contributed by atoms with Crippen LogP contribution in [0.1, 0.15) is 45.7 Å². The van der Waals surface area contributed by atoms with Gasteiger partial charge < -0.3 is 30.7 Å². The van der Waals surface area contributed by atoms with Crippen LogP contribution >= 0.6 is 22.7 Å². The third-order valence-electron chi connectivity index (χ3n) is 9.76. The number of anilines is 5. The van der Waals surface area contributed by atoms with Gasteiger partial charge in [-0.3, -0.25) is 14.5 Å². The molecule has 7 aromatic rings. The third kappa shape index (κ3) is 6.74. The summed E-state index contributed by atoms with van der Waals surface area (Å²) in [4.78, 5) is 44.5. The van der Waals surface area contributed by atoms with Crippen molar-refractivity contribution in [1.29, 1.82) is 0 Å². The Balaban J connectivity index is 1.15. The van der Waals surface area contributed by atoms with Gasteiger partial charge in [-0.1, -0.05) is 22.7 Å². The summed E-state index contributed by atoms with van der Waals surface area (Å²) >= 11 is 2.03. The molecular formula is C38H32F6N10O2S2. The van der Waals surface area contributed by atoms with E-state index in [9.17, 15) is 35.9 Å². The lowest BCUT2D eigenvalue weighted by Crippen LogP contribution is -2.68. The van der Waals surface area contributed by atoms with Gasteiger partial charge in [-0.15, -0.1) is 0 Å². The number of hydrogen-bond donors (Lipinski definition) is 4. The van der Waals surface area contributed by atoms with E-state index in [4.69, 9.17) is 0 Å². The Morgan fingerprint density at radius 3 is 2.02 bits per heavy atom. The summed E-state index contributed by atoms with van der Waals surface area (Å²) in [6.07, 6.45) is -9.05. The maximum absolute atomic E-state index is 14.7. The molecule has 3 aromatic heterocycles. The Morgan fingerprint density at radius 2 is 1.40 bits per heavy atom. The summed E-state index contributed by atoms with van der Waals surface area (Å²) in [7, 11) is 3.47. The van der Waals surface area contributed by atoms with Crippen LogP contribution in [-0.4, -0.2) is 62.3 Å². The number of nitrogens with one attached hydrogen (secondary N) is 4. The number of aromatic nitrogens is 4. The lowest BCUT2D eigenvalue weighted by atomic mass is 10.1. The lowest BCUT2D eigenvalue weighted by molar-refractivity contribution is -0.138. The fourth-order valence-corrected chi connectivity index (χ4v) is 8.73. The molecule has 8 rings (SSSR count). The number of imidazole rings is 1. The number of hydrogen-bond acceptors (Lipinski definition) is 11. The molecule has 12 nitrogen and oxygen atoms in total. The first-order valence-electron chi connectivity index (χ1n) is 17.7. The number of fused-ring (bicyclic) bond motifs is 4. The molecule has 58 heavy (non-hydrogen) atoms. The standard InChI is InChI=1S/C38H32F6N10O2S2/c1-5-45-31(55)19-7-14-28-26(15-19)50-38(53(28)4,51-35-48-24-12-10-22(37(42,43)44)18-30(24)58-35)54(6-2)32(56)20-8-13-27-25(16-20)46-33(52(27)3)49-34-47-23-11-9-21(36(39,40)41)17-29(23)57-34/h7-18,50H,5-6H2,1-4H3,(H,45,55)(H,48,51)(H,46,47,49). The molecule has 1 aliphatic rings. The van der Waals surface area contributed by atoms with Crippen LogP contribution in [-0.2, 0) is 19.4 Å². The lowest BCUT2D eigenvalue weighted by Gasteiger charge is -2.45. The van der Waals surface area contributed by atoms with Gasteiger partial charge in [0.1, 0.15) is 0 Å². The van der Waals surface area contributed by atoms with Crippen LogP contribution < -0.4 is 26.2 Å². The number of nitrogens with zero attached hydrogens (tertiary/aromatic N) is 6. The average Bonchev–Trinajstić information content (AvgIpc) is 3.92. The van der Waals surface area contributed by atoms with Crippen LogP contribution in [0, 0.1) is 0 Å². The van der Waals surface area contributed by atoms with Gasteiger partial charge in [-0.2, -0.15) is 26.3 Å². The Hall–Kier alpha value is -6.15. The highest BCUT2D eigenvalue weighted by Crippen LogP contribution is 2.44. The predicted molar refractivity (Wildman–Crippen MR) is 213 cm³/mol. The second-order valence-corrected chi connectivity index (χ2v) is 15.4. The highest BCUT2D eigenvalue weighted by Gasteiger charge is 2.50. The molecule has 0 fully saturated rings. The van der Waals surface area contributed by atoms with Crippen molar-refractivity contribution in [3.05, 3.63) is 95.1 Å². The summed E-state index contributed by atoms with van der Waals surface area (Å²) in [6, 6.07) is 16.6. The topological polar surface area (TPSA) is 132 Å². The summed E-state index contributed by atoms with van der Waals surface area (Å²) in [5.41, 5.74) is 1.93. The fraction of sp³-hybridized carbons (Fsp3) is 0.237. The third-order valence-corrected chi connectivity index (χ3v) is 11.6. The quantitative estimate of drug-likeness (QED) is 0.0831. The molecule has 300 valence electrons. The summed E-state index contributed by atoms with van der Waals surface area (Å²) in [5, 5.41) is 13.1. The number of halogens is 6. The molecule has 0 bridgehead atoms. The number of carbonyl (C=O) groups excluding carboxylic acids is 2. The predicted octanol–water partition coefficient (Wildman–Crippen LogP) is 9.07. The Labute approximate surface area is 333 Å². The molecule has 0 aliphatic carbocycles. The first kappa shape index (κ1) is 38.7. The Kier molecular flexibility index (Phi) is 9.37. The highest BCUT2D eigenvalue weighted by molar-refractivity contribution is 7.22. The van der Waals surface area contributed by atoms with Crippen molar-refractivity contribution in [3.63, 3.8) is 0 Å². The van der Waals surface area contributed by atoms with E-state index >= 15 is 0 Å². The molecule has 1 aliphatic heterocycles. The van der Waals surface area contributed by atoms with E-state index in [0.29, 0.717) is 61.3 Å². The molecule has 0 radical (unpaired) electrons. The zero-order chi connectivity index (χ0) is 41.3. The smallest absolute Gasteiger partial charge is 0.352 e. The van der Waals surface area contributed by atoms with Gasteiger partial charge in [0.15, 0.2) is 10.3 Å². The van der Waals surface area contributed by atoms with E-state index in [1.165, 1.54) is 17.0 Å². The minimum atomic E-state index is -4.56. The molecule has 1 unspecified atom stereocenters. The van der Waals surface area contributed by atoms with E-state index in [-0.39, 0.29) is 27.8 Å². The van der Waals surface area contributed by atoms with Gasteiger partial charge in [0.25, 0.3) is 17.7 Å². The van der Waals surface area contributed by atoms with Crippen LogP contribution in [0.4, 0.5) is 53.9 Å². The molecule has 0 spiro atoms. The van der Waals surface area contributed by atoms with Gasteiger partial charge in [0.2, 0.25) is 5.95 Å². The fourth-order valence-electron chi connectivity index (χ4n) is 6.88. The van der Waals surface area contributed by atoms with Gasteiger partial charge in [0.05, 0.1) is 54.0 Å². The zero-order valence-electron chi connectivity index (χ0n) is 30.9. The molecular weight excluding hydrogens is 807 g/mol. The molecule has 20 heteroatoms. The van der Waals surface area contributed by atoms with E-state index < -0.39 is 35.3 Å². The van der Waals surface area contributed by atoms with Gasteiger partial charge >= 0.3 is 12.4 Å². The van der Waals surface area contributed by atoms with Crippen molar-refractivity contribution in [2.75, 3.05) is 41.0 Å². The summed E-state index contributed by atoms with van der Waals surface area (Å²) in [5.74, 6) is -2.01. The second-order valence-electron chi connectivity index (χ2n) is 13.3. The van der Waals surface area contributed by atoms with E-state index in [0.717, 1.165) is 46.9 Å². The maximum atomic E-state index is 14.7. The van der Waals surface area contributed by atoms with Crippen molar-refractivity contribution in [1.82, 2.24) is 29.7 Å². The van der Waals surface area contributed by atoms with Crippen LogP contribution in [0.3, 0.4) is 0 Å². The van der Waals surface area contributed by atoms with Crippen LogP contribution in [0.15, 0.2) is 72.8 Å². The normalized spacial score (nSPS) is 15.5. The van der Waals surface area contributed by atoms with Gasteiger partial charge in [0, 0.05) is 38.3 Å². The van der Waals surface area contributed by atoms with Gasteiger partial charge in [-0.25, -0.2) is 15.0 Å². The van der Waals surface area contributed by atoms with Crippen LogP contribution in [0.5, 0.6) is 0 Å². The maximum Gasteiger partial charge on any atom is 0.416 e. The number of alkyl halides is 6. The highest BCUT2D eigenvalue weighted by atomic mass is 32.1. The minimum Gasteiger partial charge on any atom is -0.352 e. The van der Waals surface area contributed by atoms with Gasteiger partial charge in [-0.05, 0) is 86.6 Å². The molecule has 4 aromatic carbocycles. The first-order valence-corrected chi connectivity index (χ1v) is 19.4. The molecule has 4 heterocycles. The van der Waals surface area contributed by atoms with Crippen molar-refractivity contribution in [3.8, 4) is 0 Å². The molecule has 4 N–H and O–H groups in total. The van der Waals surface area contributed by atoms with Crippen molar-refractivity contribution < 1.29 is 35.9 Å². The monoisotopic (exact) mass is 838 g/mol. The molecule has 0 saturated carbocycles. The van der Waals surface area contributed by atoms with Crippen LogP contribution in [0.25, 0.3) is 31.5 Å². The summed E-state index contributed by atoms with van der Waals surface area (Å²) < 4.78 is 83.1. The van der Waals surface area contributed by atoms with Crippen molar-refractivity contribution in [2.24, 2.45) is 7.05 Å². The largest absolute Gasteiger partial charge is 0.416 e. The van der Waals surface area contributed by atoms with Crippen molar-refractivity contribution in [2.45, 2.75) is 32.1 Å². The number of rotatable bonds is 9. The number of thiazole rings is 2. The number of amides is 2. The number of benzene rings is 4. The minimum absolute atomic E-state index is 0.115. The number of carbonyl (C=O) groups is 2. The summed E-state index contributed by atoms with van der Waals surface area (Å²) in [6.45, 7) is 4.09. The average molecular weight is 839 g/mol. The number of aryl methyl sites for hydroxylation is 1. The van der Waals surface area contributed by atoms with E-state index in [1.807, 2.05) is 0 Å². The second kappa shape index (κ2) is 14.0. The van der Waals surface area contributed by atoms with E-state index in [1.54, 1.807) is 73.8 Å². The molecule has 1 atom stereocenters. The molecule has 2 amide bonds. The zero-order valence-corrected chi connectivity index (χ0v) is 32.6. The molecule has 0 saturated heterocycles. The Bertz CT molecular complexity index is 2760. The first-order chi connectivity index (χ1) is 27.5.